The summed E-state index contributed by atoms with van der Waals surface area (Å²) in [6.07, 6.45) is 1.31. The maximum Gasteiger partial charge on any atom is 0.329 e. The first-order chi connectivity index (χ1) is 16.5. The van der Waals surface area contributed by atoms with Crippen LogP contribution in [0.1, 0.15) is 58.0 Å². The van der Waals surface area contributed by atoms with Crippen LogP contribution in [0.15, 0.2) is 18.2 Å². The van der Waals surface area contributed by atoms with E-state index >= 15 is 0 Å². The number of amides is 3. The number of nitrogens with zero attached hydrogens (tertiary/aromatic N) is 1. The molecule has 186 valence electrons. The molecule has 0 radical (unpaired) electrons. The van der Waals surface area contributed by atoms with E-state index in [1.54, 1.807) is 6.07 Å². The Bertz CT molecular complexity index is 1180. The second-order valence-corrected chi connectivity index (χ2v) is 9.63. The topological polar surface area (TPSA) is 92.8 Å². The maximum absolute atomic E-state index is 13.2. The van der Waals surface area contributed by atoms with Crippen molar-refractivity contribution in [2.75, 3.05) is 11.9 Å². The van der Waals surface area contributed by atoms with Gasteiger partial charge < -0.3 is 10.1 Å². The van der Waals surface area contributed by atoms with Crippen LogP contribution < -0.4 is 5.32 Å². The number of nitrogens with one attached hydrogen (secondary N) is 1. The van der Waals surface area contributed by atoms with Gasteiger partial charge in [0.05, 0.1) is 31.2 Å². The van der Waals surface area contributed by atoms with Crippen LogP contribution in [0.25, 0.3) is 0 Å². The molecule has 0 aromatic heterocycles. The number of rotatable bonds is 8. The summed E-state index contributed by atoms with van der Waals surface area (Å²) in [6.45, 7) is 5.05. The number of fused-ring (bicyclic) bond motifs is 1. The highest BCUT2D eigenvalue weighted by Gasteiger charge is 2.47. The van der Waals surface area contributed by atoms with Crippen LogP contribution in [0, 0.1) is 13.8 Å². The van der Waals surface area contributed by atoms with E-state index in [0.717, 1.165) is 16.0 Å². The van der Waals surface area contributed by atoms with Crippen molar-refractivity contribution in [3.8, 4) is 0 Å². The molecule has 1 N–H and O–H groups in total. The summed E-state index contributed by atoms with van der Waals surface area (Å²) in [5.74, 6) is -3.15. The SMILES string of the molecule is CCCC[C@@H](C(=O)OCC(=O)Nc1ccc(C)cc1C)N1C(=O)c2c(Cl)c(Cl)c(Cl)c(Cl)c2C1=O. The van der Waals surface area contributed by atoms with Crippen LogP contribution in [-0.2, 0) is 14.3 Å². The Balaban J connectivity index is 1.81. The number of anilines is 1. The van der Waals surface area contributed by atoms with Crippen molar-refractivity contribution in [2.24, 2.45) is 0 Å². The number of carbonyl (C=O) groups excluding carboxylic acids is 4. The second-order valence-electron chi connectivity index (χ2n) is 8.12. The molecule has 1 heterocycles. The number of imide groups is 1. The molecular formula is C24H22Cl4N2O5. The van der Waals surface area contributed by atoms with E-state index < -0.39 is 36.3 Å². The summed E-state index contributed by atoms with van der Waals surface area (Å²) in [4.78, 5) is 52.5. The van der Waals surface area contributed by atoms with Gasteiger partial charge in [-0.25, -0.2) is 4.79 Å². The third-order valence-electron chi connectivity index (χ3n) is 5.55. The normalized spacial score (nSPS) is 13.6. The van der Waals surface area contributed by atoms with Gasteiger partial charge in [0.2, 0.25) is 0 Å². The van der Waals surface area contributed by atoms with Crippen molar-refractivity contribution < 1.29 is 23.9 Å². The third kappa shape index (κ3) is 5.43. The van der Waals surface area contributed by atoms with Crippen LogP contribution in [0.2, 0.25) is 20.1 Å². The Hall–Kier alpha value is -2.32. The molecule has 0 aliphatic carbocycles. The fourth-order valence-electron chi connectivity index (χ4n) is 3.77. The van der Waals surface area contributed by atoms with Crippen LogP contribution in [-0.4, -0.2) is 41.2 Å². The van der Waals surface area contributed by atoms with Gasteiger partial charge in [-0.1, -0.05) is 83.9 Å². The van der Waals surface area contributed by atoms with Gasteiger partial charge in [-0.05, 0) is 31.9 Å². The van der Waals surface area contributed by atoms with Gasteiger partial charge >= 0.3 is 5.97 Å². The van der Waals surface area contributed by atoms with Crippen molar-refractivity contribution in [1.29, 1.82) is 0 Å². The number of hydrogen-bond donors (Lipinski definition) is 1. The number of unbranched alkanes of at least 4 members (excludes halogenated alkanes) is 1. The predicted octanol–water partition coefficient (Wildman–Crippen LogP) is 6.25. The van der Waals surface area contributed by atoms with Crippen LogP contribution in [0.5, 0.6) is 0 Å². The van der Waals surface area contributed by atoms with Crippen molar-refractivity contribution in [3.05, 3.63) is 60.5 Å². The summed E-state index contributed by atoms with van der Waals surface area (Å²) >= 11 is 24.5. The molecule has 0 fully saturated rings. The Kier molecular flexibility index (Phi) is 8.70. The molecular weight excluding hydrogens is 538 g/mol. The van der Waals surface area contributed by atoms with Crippen LogP contribution in [0.4, 0.5) is 5.69 Å². The van der Waals surface area contributed by atoms with Gasteiger partial charge in [0.15, 0.2) is 6.61 Å². The highest BCUT2D eigenvalue weighted by molar-refractivity contribution is 6.55. The Morgan fingerprint density at radius 2 is 1.54 bits per heavy atom. The Morgan fingerprint density at radius 1 is 0.971 bits per heavy atom. The zero-order chi connectivity index (χ0) is 26.0. The molecule has 1 aliphatic heterocycles. The lowest BCUT2D eigenvalue weighted by molar-refractivity contribution is -0.151. The monoisotopic (exact) mass is 558 g/mol. The first kappa shape index (κ1) is 27.3. The molecule has 7 nitrogen and oxygen atoms in total. The quantitative estimate of drug-likeness (QED) is 0.178. The van der Waals surface area contributed by atoms with Gasteiger partial charge in [0, 0.05) is 5.69 Å². The molecule has 0 saturated heterocycles. The van der Waals surface area contributed by atoms with E-state index in [1.807, 2.05) is 32.9 Å². The smallest absolute Gasteiger partial charge is 0.329 e. The van der Waals surface area contributed by atoms with E-state index in [-0.39, 0.29) is 37.6 Å². The van der Waals surface area contributed by atoms with E-state index in [9.17, 15) is 19.2 Å². The average Bonchev–Trinajstić information content (AvgIpc) is 3.07. The largest absolute Gasteiger partial charge is 0.454 e. The highest BCUT2D eigenvalue weighted by atomic mass is 35.5. The number of carbonyl (C=O) groups is 4. The molecule has 3 amide bonds. The lowest BCUT2D eigenvalue weighted by Gasteiger charge is -2.24. The Labute approximate surface area is 222 Å². The lowest BCUT2D eigenvalue weighted by atomic mass is 10.1. The van der Waals surface area contributed by atoms with Crippen LogP contribution in [0.3, 0.4) is 0 Å². The predicted molar refractivity (Wildman–Crippen MR) is 136 cm³/mol. The van der Waals surface area contributed by atoms with Crippen molar-refractivity contribution in [1.82, 2.24) is 4.90 Å². The summed E-state index contributed by atoms with van der Waals surface area (Å²) < 4.78 is 5.20. The van der Waals surface area contributed by atoms with Crippen molar-refractivity contribution in [3.63, 3.8) is 0 Å². The molecule has 0 unspecified atom stereocenters. The molecule has 1 atom stereocenters. The molecule has 35 heavy (non-hydrogen) atoms. The second kappa shape index (κ2) is 11.2. The van der Waals surface area contributed by atoms with Gasteiger partial charge in [-0.2, -0.15) is 0 Å². The number of esters is 1. The minimum atomic E-state index is -1.29. The highest BCUT2D eigenvalue weighted by Crippen LogP contribution is 2.45. The van der Waals surface area contributed by atoms with Crippen LogP contribution >= 0.6 is 46.4 Å². The van der Waals surface area contributed by atoms with Gasteiger partial charge in [0.25, 0.3) is 17.7 Å². The van der Waals surface area contributed by atoms with Gasteiger partial charge in [-0.3, -0.25) is 19.3 Å². The third-order valence-corrected chi connectivity index (χ3v) is 7.35. The fraction of sp³-hybridized carbons (Fsp3) is 0.333. The molecule has 2 aromatic carbocycles. The van der Waals surface area contributed by atoms with E-state index in [4.69, 9.17) is 51.1 Å². The summed E-state index contributed by atoms with van der Waals surface area (Å²) in [6, 6.07) is 4.20. The average molecular weight is 560 g/mol. The van der Waals surface area contributed by atoms with Gasteiger partial charge in [0.1, 0.15) is 6.04 Å². The number of hydrogen-bond acceptors (Lipinski definition) is 5. The summed E-state index contributed by atoms with van der Waals surface area (Å²) in [5, 5.41) is 1.88. The molecule has 2 aromatic rings. The van der Waals surface area contributed by atoms with E-state index in [0.29, 0.717) is 18.5 Å². The number of aryl methyl sites for hydroxylation is 2. The molecule has 11 heteroatoms. The number of halogens is 4. The van der Waals surface area contributed by atoms with E-state index in [1.165, 1.54) is 0 Å². The zero-order valence-corrected chi connectivity index (χ0v) is 22.2. The van der Waals surface area contributed by atoms with Gasteiger partial charge in [-0.15, -0.1) is 0 Å². The minimum Gasteiger partial charge on any atom is -0.454 e. The first-order valence-corrected chi connectivity index (χ1v) is 12.3. The van der Waals surface area contributed by atoms with E-state index in [2.05, 4.69) is 5.32 Å². The molecule has 0 bridgehead atoms. The summed E-state index contributed by atoms with van der Waals surface area (Å²) in [7, 11) is 0. The molecule has 0 spiro atoms. The number of ether oxygens (including phenoxy) is 1. The zero-order valence-electron chi connectivity index (χ0n) is 19.1. The standard InChI is InChI=1S/C24H22Cl4N2O5/c1-4-5-6-14(24(34)35-10-15(31)29-13-8-7-11(2)9-12(13)3)30-22(32)16-17(23(30)33)19(26)21(28)20(27)18(16)25/h7-9,14H,4-6,10H2,1-3H3,(H,29,31)/t14-/m0/s1. The summed E-state index contributed by atoms with van der Waals surface area (Å²) in [5.41, 5.74) is 2.02. The first-order valence-electron chi connectivity index (χ1n) is 10.8. The lowest BCUT2D eigenvalue weighted by Crippen LogP contribution is -2.46. The van der Waals surface area contributed by atoms with Crippen molar-refractivity contribution >= 4 is 75.8 Å². The minimum absolute atomic E-state index is 0.121. The number of benzene rings is 2. The molecule has 0 saturated carbocycles. The molecule has 1 aliphatic rings. The molecule has 3 rings (SSSR count). The fourth-order valence-corrected chi connectivity index (χ4v) is 4.79. The Morgan fingerprint density at radius 3 is 2.06 bits per heavy atom. The van der Waals surface area contributed by atoms with Crippen molar-refractivity contribution in [2.45, 2.75) is 46.1 Å². The maximum atomic E-state index is 13.2.